The average molecular weight is 140 g/mol. The van der Waals surface area contributed by atoms with Crippen LogP contribution in [0.1, 0.15) is 19.3 Å². The highest BCUT2D eigenvalue weighted by molar-refractivity contribution is 5.78. The molecule has 1 amide bonds. The molecule has 10 heavy (non-hydrogen) atoms. The largest absolute Gasteiger partial charge is 0.369 e. The van der Waals surface area contributed by atoms with Gasteiger partial charge in [0.25, 0.3) is 0 Å². The topological polar surface area (TPSA) is 55.1 Å². The van der Waals surface area contributed by atoms with Gasteiger partial charge in [-0.15, -0.1) is 0 Å². The van der Waals surface area contributed by atoms with Crippen LogP contribution < -0.4 is 11.1 Å². The lowest BCUT2D eigenvalue weighted by Gasteiger charge is -2.53. The maximum Gasteiger partial charge on any atom is 0.220 e. The van der Waals surface area contributed by atoms with Crippen molar-refractivity contribution >= 4 is 5.91 Å². The summed E-state index contributed by atoms with van der Waals surface area (Å²) in [5, 5.41) is 3.34. The molecule has 3 nitrogen and oxygen atoms in total. The van der Waals surface area contributed by atoms with Crippen molar-refractivity contribution in [3.63, 3.8) is 0 Å². The quantitative estimate of drug-likeness (QED) is 0.521. The van der Waals surface area contributed by atoms with Crippen LogP contribution in [0.3, 0.4) is 0 Å². The number of rotatable bonds is 1. The van der Waals surface area contributed by atoms with Crippen molar-refractivity contribution in [2.24, 2.45) is 11.7 Å². The zero-order valence-electron chi connectivity index (χ0n) is 5.89. The van der Waals surface area contributed by atoms with E-state index >= 15 is 0 Å². The third kappa shape index (κ3) is 0.669. The molecule has 1 aliphatic heterocycles. The molecule has 56 valence electrons. The number of nitrogens with two attached hydrogens (primary N) is 1. The number of hydrogen-bond acceptors (Lipinski definition) is 2. The highest BCUT2D eigenvalue weighted by Crippen LogP contribution is 2.43. The summed E-state index contributed by atoms with van der Waals surface area (Å²) in [5.41, 5.74) is 5.48. The van der Waals surface area contributed by atoms with Gasteiger partial charge in [0, 0.05) is 11.5 Å². The summed E-state index contributed by atoms with van der Waals surface area (Å²) in [6, 6.07) is 0. The zero-order chi connectivity index (χ0) is 7.19. The summed E-state index contributed by atoms with van der Waals surface area (Å²) in [6.07, 6.45) is 3.18. The van der Waals surface area contributed by atoms with Crippen LogP contribution in [-0.4, -0.2) is 18.0 Å². The second-order valence-corrected chi connectivity index (χ2v) is 3.46. The molecule has 1 heterocycles. The Morgan fingerprint density at radius 2 is 2.20 bits per heavy atom. The fourth-order valence-corrected chi connectivity index (χ4v) is 1.91. The Kier molecular flexibility index (Phi) is 1.06. The summed E-state index contributed by atoms with van der Waals surface area (Å²) >= 11 is 0. The van der Waals surface area contributed by atoms with E-state index in [9.17, 15) is 4.79 Å². The molecule has 1 saturated heterocycles. The number of hydrogen-bond donors (Lipinski definition) is 2. The molecule has 1 spiro atoms. The third-order valence-electron chi connectivity index (χ3n) is 2.78. The first-order valence-electron chi connectivity index (χ1n) is 3.76. The van der Waals surface area contributed by atoms with Gasteiger partial charge in [-0.2, -0.15) is 0 Å². The molecule has 3 N–H and O–H groups in total. The van der Waals surface area contributed by atoms with E-state index < -0.39 is 0 Å². The smallest absolute Gasteiger partial charge is 0.220 e. The lowest BCUT2D eigenvalue weighted by atomic mass is 9.63. The Labute approximate surface area is 60.0 Å². The fraction of sp³-hybridized carbons (Fsp3) is 0.857. The van der Waals surface area contributed by atoms with Crippen molar-refractivity contribution in [3.8, 4) is 0 Å². The summed E-state index contributed by atoms with van der Waals surface area (Å²) in [5.74, 6) is 0.0344. The average Bonchev–Trinajstić information content (AvgIpc) is 1.54. The van der Waals surface area contributed by atoms with Gasteiger partial charge in [0.1, 0.15) is 0 Å². The molecule has 2 aliphatic rings. The second-order valence-electron chi connectivity index (χ2n) is 3.46. The van der Waals surface area contributed by atoms with E-state index in [-0.39, 0.29) is 11.8 Å². The predicted molar refractivity (Wildman–Crippen MR) is 37.3 cm³/mol. The van der Waals surface area contributed by atoms with Crippen molar-refractivity contribution in [3.05, 3.63) is 0 Å². The lowest BCUT2D eigenvalue weighted by molar-refractivity contribution is -0.128. The van der Waals surface area contributed by atoms with E-state index in [1.54, 1.807) is 0 Å². The maximum atomic E-state index is 10.6. The Bertz CT molecular complexity index is 166. The number of carbonyl (C=O) groups excluding carboxylic acids is 1. The van der Waals surface area contributed by atoms with Gasteiger partial charge in [-0.25, -0.2) is 0 Å². The summed E-state index contributed by atoms with van der Waals surface area (Å²) in [7, 11) is 0. The molecule has 0 radical (unpaired) electrons. The molecule has 0 aromatic carbocycles. The van der Waals surface area contributed by atoms with E-state index in [1.807, 2.05) is 0 Å². The van der Waals surface area contributed by atoms with Crippen LogP contribution in [0.5, 0.6) is 0 Å². The number of amides is 1. The van der Waals surface area contributed by atoms with Crippen molar-refractivity contribution < 1.29 is 4.79 Å². The Morgan fingerprint density at radius 1 is 1.60 bits per heavy atom. The van der Waals surface area contributed by atoms with Crippen LogP contribution in [0.4, 0.5) is 0 Å². The SMILES string of the molecule is NC(=O)C1CC2(CCN2)C1. The van der Waals surface area contributed by atoms with Crippen molar-refractivity contribution in [1.29, 1.82) is 0 Å². The minimum Gasteiger partial charge on any atom is -0.369 e. The van der Waals surface area contributed by atoms with Crippen LogP contribution in [0.15, 0.2) is 0 Å². The van der Waals surface area contributed by atoms with Gasteiger partial charge < -0.3 is 11.1 Å². The maximum absolute atomic E-state index is 10.6. The Morgan fingerprint density at radius 3 is 2.50 bits per heavy atom. The summed E-state index contributed by atoms with van der Waals surface area (Å²) in [6.45, 7) is 1.12. The van der Waals surface area contributed by atoms with E-state index in [0.717, 1.165) is 19.4 Å². The molecule has 0 unspecified atom stereocenters. The molecule has 1 aliphatic carbocycles. The number of primary amides is 1. The van der Waals surface area contributed by atoms with Gasteiger partial charge in [-0.1, -0.05) is 0 Å². The van der Waals surface area contributed by atoms with Crippen LogP contribution in [0.25, 0.3) is 0 Å². The van der Waals surface area contributed by atoms with Gasteiger partial charge in [0.15, 0.2) is 0 Å². The zero-order valence-corrected chi connectivity index (χ0v) is 5.89. The van der Waals surface area contributed by atoms with Gasteiger partial charge in [-0.05, 0) is 25.8 Å². The molecule has 0 aromatic rings. The van der Waals surface area contributed by atoms with Crippen molar-refractivity contribution in [2.45, 2.75) is 24.8 Å². The molecule has 2 fully saturated rings. The van der Waals surface area contributed by atoms with Gasteiger partial charge in [-0.3, -0.25) is 4.79 Å². The fourth-order valence-electron chi connectivity index (χ4n) is 1.91. The van der Waals surface area contributed by atoms with Crippen molar-refractivity contribution in [1.82, 2.24) is 5.32 Å². The Balaban J connectivity index is 1.88. The van der Waals surface area contributed by atoms with E-state index in [2.05, 4.69) is 5.32 Å². The highest BCUT2D eigenvalue weighted by atomic mass is 16.1. The standard InChI is InChI=1S/C7H12N2O/c8-6(10)5-3-7(4-5)1-2-9-7/h5,9H,1-4H2,(H2,8,10). The van der Waals surface area contributed by atoms with Crippen LogP contribution in [0.2, 0.25) is 0 Å². The van der Waals surface area contributed by atoms with Crippen LogP contribution in [-0.2, 0) is 4.79 Å². The van der Waals surface area contributed by atoms with E-state index in [4.69, 9.17) is 5.73 Å². The third-order valence-corrected chi connectivity index (χ3v) is 2.78. The van der Waals surface area contributed by atoms with E-state index in [0.29, 0.717) is 5.54 Å². The van der Waals surface area contributed by atoms with Gasteiger partial charge in [0.2, 0.25) is 5.91 Å². The molecular weight excluding hydrogens is 128 g/mol. The molecule has 0 bridgehead atoms. The monoisotopic (exact) mass is 140 g/mol. The first kappa shape index (κ1) is 6.16. The molecule has 1 saturated carbocycles. The number of carbonyl (C=O) groups is 1. The Hall–Kier alpha value is -0.570. The second kappa shape index (κ2) is 1.72. The van der Waals surface area contributed by atoms with Gasteiger partial charge in [0.05, 0.1) is 0 Å². The highest BCUT2D eigenvalue weighted by Gasteiger charge is 2.49. The molecule has 2 rings (SSSR count). The molecular formula is C7H12N2O. The van der Waals surface area contributed by atoms with Gasteiger partial charge >= 0.3 is 0 Å². The number of nitrogens with one attached hydrogen (secondary N) is 1. The molecule has 0 atom stereocenters. The minimum absolute atomic E-state index is 0.126. The lowest BCUT2D eigenvalue weighted by Crippen LogP contribution is -2.66. The van der Waals surface area contributed by atoms with Crippen molar-refractivity contribution in [2.75, 3.05) is 6.54 Å². The summed E-state index contributed by atoms with van der Waals surface area (Å²) < 4.78 is 0. The molecule has 3 heteroatoms. The van der Waals surface area contributed by atoms with Crippen LogP contribution in [0, 0.1) is 5.92 Å². The normalized spacial score (nSPS) is 44.2. The minimum atomic E-state index is -0.126. The first-order valence-corrected chi connectivity index (χ1v) is 3.76. The summed E-state index contributed by atoms with van der Waals surface area (Å²) in [4.78, 5) is 10.6. The van der Waals surface area contributed by atoms with E-state index in [1.165, 1.54) is 6.42 Å². The first-order chi connectivity index (χ1) is 4.72. The predicted octanol–water partition coefficient (Wildman–Crippen LogP) is -0.386. The molecule has 0 aromatic heterocycles. The van der Waals surface area contributed by atoms with Crippen LogP contribution >= 0.6 is 0 Å².